The van der Waals surface area contributed by atoms with Gasteiger partial charge in [-0.2, -0.15) is 0 Å². The molecule has 0 spiro atoms. The van der Waals surface area contributed by atoms with E-state index < -0.39 is 0 Å². The lowest BCUT2D eigenvalue weighted by Crippen LogP contribution is -2.49. The van der Waals surface area contributed by atoms with E-state index in [0.717, 1.165) is 24.6 Å². The van der Waals surface area contributed by atoms with Crippen LogP contribution in [0.15, 0.2) is 54.6 Å². The Balaban J connectivity index is 1.78. The van der Waals surface area contributed by atoms with E-state index in [4.69, 9.17) is 0 Å². The summed E-state index contributed by atoms with van der Waals surface area (Å²) in [4.78, 5) is 26.2. The molecule has 25 heavy (non-hydrogen) atoms. The largest absolute Gasteiger partial charge is 0.365 e. The number of carbonyl (C=O) groups excluding carboxylic acids is 2. The Bertz CT molecular complexity index is 823. The number of aryl methyl sites for hydroxylation is 1. The molecule has 0 aromatic heterocycles. The fourth-order valence-electron chi connectivity index (χ4n) is 4.07. The van der Waals surface area contributed by atoms with Crippen molar-refractivity contribution < 1.29 is 9.59 Å². The van der Waals surface area contributed by atoms with Gasteiger partial charge < -0.3 is 4.90 Å². The van der Waals surface area contributed by atoms with E-state index in [-0.39, 0.29) is 21.9 Å². The third-order valence-electron chi connectivity index (χ3n) is 5.40. The van der Waals surface area contributed by atoms with Gasteiger partial charge in [-0.05, 0) is 36.5 Å². The molecule has 2 aromatic rings. The van der Waals surface area contributed by atoms with Gasteiger partial charge in [-0.25, -0.2) is 0 Å². The highest BCUT2D eigenvalue weighted by atomic mass is 32.2. The van der Waals surface area contributed by atoms with Crippen molar-refractivity contribution in [3.8, 4) is 0 Å². The number of hydrogen-bond acceptors (Lipinski definition) is 4. The molecule has 1 N–H and O–H groups in total. The average Bonchev–Trinajstić information content (AvgIpc) is 2.95. The smallest absolute Gasteiger partial charge is 0.286 e. The lowest BCUT2D eigenvalue weighted by atomic mass is 9.75. The predicted molar refractivity (Wildman–Crippen MR) is 101 cm³/mol. The number of nitrogens with zero attached hydrogens (tertiary/aromatic N) is 1. The lowest BCUT2D eigenvalue weighted by Gasteiger charge is -2.48. The molecule has 4 rings (SSSR count). The molecule has 0 aliphatic carbocycles. The van der Waals surface area contributed by atoms with E-state index in [1.165, 1.54) is 16.8 Å². The number of hydrogen-bond donors (Lipinski definition) is 1. The SMILES string of the molecule is CN1c2ccccc2CCC1(CC1SC(=O)NC1=O)c1ccccc1. The van der Waals surface area contributed by atoms with Crippen LogP contribution in [0.4, 0.5) is 10.5 Å². The number of benzene rings is 2. The zero-order chi connectivity index (χ0) is 17.4. The third kappa shape index (κ3) is 2.72. The highest BCUT2D eigenvalue weighted by Gasteiger charge is 2.45. The highest BCUT2D eigenvalue weighted by Crippen LogP contribution is 2.47. The fourth-order valence-corrected chi connectivity index (χ4v) is 5.01. The first-order valence-electron chi connectivity index (χ1n) is 8.49. The van der Waals surface area contributed by atoms with Gasteiger partial charge in [0.05, 0.1) is 10.8 Å². The van der Waals surface area contributed by atoms with E-state index in [0.29, 0.717) is 6.42 Å². The minimum atomic E-state index is -0.347. The summed E-state index contributed by atoms with van der Waals surface area (Å²) < 4.78 is 0. The van der Waals surface area contributed by atoms with Crippen LogP contribution < -0.4 is 10.2 Å². The van der Waals surface area contributed by atoms with Gasteiger partial charge in [0.2, 0.25) is 5.91 Å². The second-order valence-corrected chi connectivity index (χ2v) is 7.85. The van der Waals surface area contributed by atoms with Crippen molar-refractivity contribution in [1.29, 1.82) is 0 Å². The summed E-state index contributed by atoms with van der Waals surface area (Å²) in [6.07, 6.45) is 2.50. The highest BCUT2D eigenvalue weighted by molar-refractivity contribution is 8.15. The maximum atomic E-state index is 12.2. The Morgan fingerprint density at radius 2 is 1.84 bits per heavy atom. The molecule has 1 saturated heterocycles. The molecule has 2 atom stereocenters. The minimum absolute atomic E-state index is 0.169. The van der Waals surface area contributed by atoms with Crippen molar-refractivity contribution in [3.63, 3.8) is 0 Å². The summed E-state index contributed by atoms with van der Waals surface area (Å²) in [5.41, 5.74) is 3.43. The Morgan fingerprint density at radius 1 is 1.12 bits per heavy atom. The van der Waals surface area contributed by atoms with Gasteiger partial charge in [-0.15, -0.1) is 0 Å². The van der Waals surface area contributed by atoms with Gasteiger partial charge >= 0.3 is 0 Å². The Labute approximate surface area is 151 Å². The topological polar surface area (TPSA) is 49.4 Å². The van der Waals surface area contributed by atoms with Crippen molar-refractivity contribution in [2.24, 2.45) is 0 Å². The second-order valence-electron chi connectivity index (χ2n) is 6.67. The van der Waals surface area contributed by atoms with Crippen molar-refractivity contribution in [2.45, 2.75) is 30.1 Å². The number of amides is 2. The van der Waals surface area contributed by atoms with E-state index in [1.54, 1.807) is 0 Å². The molecule has 1 fully saturated rings. The van der Waals surface area contributed by atoms with Crippen LogP contribution >= 0.6 is 11.8 Å². The molecule has 4 nitrogen and oxygen atoms in total. The second kappa shape index (κ2) is 6.23. The summed E-state index contributed by atoms with van der Waals surface area (Å²) >= 11 is 1.12. The maximum absolute atomic E-state index is 12.2. The lowest BCUT2D eigenvalue weighted by molar-refractivity contribution is -0.119. The number of imide groups is 1. The van der Waals surface area contributed by atoms with Gasteiger partial charge in [0.25, 0.3) is 5.24 Å². The quantitative estimate of drug-likeness (QED) is 0.915. The molecule has 2 aliphatic heterocycles. The van der Waals surface area contributed by atoms with Crippen LogP contribution in [0.2, 0.25) is 0 Å². The van der Waals surface area contributed by atoms with Crippen molar-refractivity contribution in [3.05, 3.63) is 65.7 Å². The fraction of sp³-hybridized carbons (Fsp3) is 0.300. The number of thioether (sulfide) groups is 1. The monoisotopic (exact) mass is 352 g/mol. The first-order chi connectivity index (χ1) is 12.1. The zero-order valence-electron chi connectivity index (χ0n) is 14.1. The molecule has 2 aromatic carbocycles. The van der Waals surface area contributed by atoms with Crippen LogP contribution in [0.5, 0.6) is 0 Å². The van der Waals surface area contributed by atoms with Crippen LogP contribution in [-0.2, 0) is 16.8 Å². The van der Waals surface area contributed by atoms with Crippen LogP contribution in [0, 0.1) is 0 Å². The summed E-state index contributed by atoms with van der Waals surface area (Å²) in [5, 5.41) is 1.84. The summed E-state index contributed by atoms with van der Waals surface area (Å²) in [6, 6.07) is 18.8. The molecule has 0 radical (unpaired) electrons. The zero-order valence-corrected chi connectivity index (χ0v) is 14.9. The standard InChI is InChI=1S/C20H20N2O2S/c1-22-16-10-6-5-7-14(16)11-12-20(22,15-8-3-2-4-9-15)13-17-18(23)21-19(24)25-17/h2-10,17H,11-13H2,1H3,(H,21,23,24). The van der Waals surface area contributed by atoms with Crippen molar-refractivity contribution in [2.75, 3.05) is 11.9 Å². The molecule has 0 bridgehead atoms. The average molecular weight is 352 g/mol. The number of nitrogens with one attached hydrogen (secondary N) is 1. The molecule has 0 saturated carbocycles. The molecular weight excluding hydrogens is 332 g/mol. The summed E-state index contributed by atoms with van der Waals surface area (Å²) in [6.45, 7) is 0. The number of para-hydroxylation sites is 1. The molecule has 2 unspecified atom stereocenters. The maximum Gasteiger partial charge on any atom is 0.286 e. The Kier molecular flexibility index (Phi) is 4.04. The minimum Gasteiger partial charge on any atom is -0.365 e. The van der Waals surface area contributed by atoms with E-state index in [2.05, 4.69) is 53.7 Å². The number of carbonyl (C=O) groups is 2. The first-order valence-corrected chi connectivity index (χ1v) is 9.37. The van der Waals surface area contributed by atoms with Crippen LogP contribution in [0.3, 0.4) is 0 Å². The van der Waals surface area contributed by atoms with Crippen LogP contribution in [0.1, 0.15) is 24.0 Å². The van der Waals surface area contributed by atoms with Crippen molar-refractivity contribution >= 4 is 28.6 Å². The summed E-state index contributed by atoms with van der Waals surface area (Å²) in [5.74, 6) is -0.169. The normalized spacial score (nSPS) is 25.6. The van der Waals surface area contributed by atoms with Gasteiger partial charge in [0.1, 0.15) is 0 Å². The molecule has 2 heterocycles. The Hall–Kier alpha value is -2.27. The van der Waals surface area contributed by atoms with E-state index in [9.17, 15) is 9.59 Å². The molecule has 5 heteroatoms. The molecule has 2 amide bonds. The number of fused-ring (bicyclic) bond motifs is 1. The third-order valence-corrected chi connectivity index (χ3v) is 6.39. The number of rotatable bonds is 3. The van der Waals surface area contributed by atoms with Crippen LogP contribution in [0.25, 0.3) is 0 Å². The predicted octanol–water partition coefficient (Wildman–Crippen LogP) is 3.71. The molecular formula is C20H20N2O2S. The van der Waals surface area contributed by atoms with Crippen molar-refractivity contribution in [1.82, 2.24) is 5.32 Å². The summed E-state index contributed by atoms with van der Waals surface area (Å²) in [7, 11) is 2.10. The van der Waals surface area contributed by atoms with Gasteiger partial charge in [-0.1, -0.05) is 60.3 Å². The molecule has 2 aliphatic rings. The first kappa shape index (κ1) is 16.2. The van der Waals surface area contributed by atoms with Gasteiger partial charge in [0.15, 0.2) is 0 Å². The van der Waals surface area contributed by atoms with E-state index >= 15 is 0 Å². The molecule has 128 valence electrons. The van der Waals surface area contributed by atoms with E-state index in [1.807, 2.05) is 18.2 Å². The van der Waals surface area contributed by atoms with Gasteiger partial charge in [-0.3, -0.25) is 14.9 Å². The Morgan fingerprint density at radius 3 is 2.56 bits per heavy atom. The van der Waals surface area contributed by atoms with Crippen LogP contribution in [-0.4, -0.2) is 23.4 Å². The van der Waals surface area contributed by atoms with Gasteiger partial charge in [0, 0.05) is 12.7 Å². The number of anilines is 1.